The fourth-order valence-electron chi connectivity index (χ4n) is 3.46. The Labute approximate surface area is 92.0 Å². The van der Waals surface area contributed by atoms with Gasteiger partial charge in [-0.3, -0.25) is 0 Å². The van der Waals surface area contributed by atoms with Crippen molar-refractivity contribution in [2.75, 3.05) is 13.2 Å². The summed E-state index contributed by atoms with van der Waals surface area (Å²) in [5.74, 6) is 0. The normalized spacial score (nSPS) is 40.6. The second-order valence-corrected chi connectivity index (χ2v) is 5.36. The minimum absolute atomic E-state index is 0.0228. The summed E-state index contributed by atoms with van der Waals surface area (Å²) in [6, 6.07) is 0. The molecule has 0 spiro atoms. The second-order valence-electron chi connectivity index (χ2n) is 5.36. The van der Waals surface area contributed by atoms with Crippen LogP contribution in [0.1, 0.15) is 45.4 Å². The Morgan fingerprint density at radius 2 is 2.00 bits per heavy atom. The van der Waals surface area contributed by atoms with E-state index in [1.54, 1.807) is 0 Å². The fourth-order valence-corrected chi connectivity index (χ4v) is 3.46. The van der Waals surface area contributed by atoms with Crippen LogP contribution >= 0.6 is 0 Å². The number of hydrogen-bond acceptors (Lipinski definition) is 3. The van der Waals surface area contributed by atoms with Crippen LogP contribution < -0.4 is 5.73 Å². The highest BCUT2D eigenvalue weighted by Gasteiger charge is 2.52. The third-order valence-electron chi connectivity index (χ3n) is 4.48. The van der Waals surface area contributed by atoms with Crippen LogP contribution in [0.2, 0.25) is 0 Å². The van der Waals surface area contributed by atoms with Crippen molar-refractivity contribution < 1.29 is 9.84 Å². The van der Waals surface area contributed by atoms with Crippen molar-refractivity contribution in [3.05, 3.63) is 0 Å². The molecule has 3 N–H and O–H groups in total. The molecule has 88 valence electrons. The highest BCUT2D eigenvalue weighted by molar-refractivity contribution is 5.04. The summed E-state index contributed by atoms with van der Waals surface area (Å²) < 4.78 is 5.52. The molecule has 2 aliphatic rings. The van der Waals surface area contributed by atoms with Gasteiger partial charge in [-0.1, -0.05) is 12.8 Å². The van der Waals surface area contributed by atoms with Crippen LogP contribution in [0.3, 0.4) is 0 Å². The Balaban J connectivity index is 2.17. The molecule has 0 aromatic heterocycles. The first kappa shape index (κ1) is 11.4. The topological polar surface area (TPSA) is 55.5 Å². The third-order valence-corrected chi connectivity index (χ3v) is 4.48. The van der Waals surface area contributed by atoms with Crippen molar-refractivity contribution in [2.24, 2.45) is 11.1 Å². The molecule has 3 heteroatoms. The van der Waals surface area contributed by atoms with Gasteiger partial charge in [-0.15, -0.1) is 0 Å². The predicted octanol–water partition coefficient (Wildman–Crippen LogP) is 1.44. The Kier molecular flexibility index (Phi) is 3.06. The third kappa shape index (κ3) is 1.81. The maximum Gasteiger partial charge on any atom is 0.0762 e. The van der Waals surface area contributed by atoms with Gasteiger partial charge >= 0.3 is 0 Å². The largest absolute Gasteiger partial charge is 0.389 e. The minimum Gasteiger partial charge on any atom is -0.389 e. The zero-order valence-corrected chi connectivity index (χ0v) is 9.67. The Bertz CT molecular complexity index is 226. The zero-order chi connectivity index (χ0) is 10.9. The van der Waals surface area contributed by atoms with Crippen molar-refractivity contribution in [3.8, 4) is 0 Å². The van der Waals surface area contributed by atoms with Crippen LogP contribution in [0.25, 0.3) is 0 Å². The van der Waals surface area contributed by atoms with Crippen molar-refractivity contribution in [1.82, 2.24) is 0 Å². The number of hydrogen-bond donors (Lipinski definition) is 2. The molecule has 0 aromatic rings. The van der Waals surface area contributed by atoms with Gasteiger partial charge in [0.1, 0.15) is 0 Å². The molecule has 1 heterocycles. The van der Waals surface area contributed by atoms with Crippen molar-refractivity contribution in [1.29, 1.82) is 0 Å². The fraction of sp³-hybridized carbons (Fsp3) is 1.00. The lowest BCUT2D eigenvalue weighted by Gasteiger charge is -2.48. The number of aliphatic hydroxyl groups is 1. The van der Waals surface area contributed by atoms with Crippen LogP contribution in [-0.2, 0) is 4.74 Å². The minimum atomic E-state index is -0.573. The standard InChI is InChI=1S/C12H23NO2/c1-10-8-12(14,6-7-15-10)11(9-13)4-2-3-5-11/h10,14H,2-9,13H2,1H3. The average molecular weight is 213 g/mol. The van der Waals surface area contributed by atoms with E-state index in [-0.39, 0.29) is 11.5 Å². The molecule has 2 fully saturated rings. The van der Waals surface area contributed by atoms with Crippen molar-refractivity contribution >= 4 is 0 Å². The van der Waals surface area contributed by atoms with Crippen LogP contribution in [0, 0.1) is 5.41 Å². The van der Waals surface area contributed by atoms with E-state index in [1.807, 2.05) is 6.92 Å². The van der Waals surface area contributed by atoms with Gasteiger partial charge in [-0.25, -0.2) is 0 Å². The molecule has 1 saturated carbocycles. The quantitative estimate of drug-likeness (QED) is 0.729. The Morgan fingerprint density at radius 3 is 2.53 bits per heavy atom. The van der Waals surface area contributed by atoms with Gasteiger partial charge in [0, 0.05) is 31.4 Å². The summed E-state index contributed by atoms with van der Waals surface area (Å²) in [5, 5.41) is 10.8. The van der Waals surface area contributed by atoms with Crippen LogP contribution in [0.15, 0.2) is 0 Å². The zero-order valence-electron chi connectivity index (χ0n) is 9.67. The molecule has 3 nitrogen and oxygen atoms in total. The summed E-state index contributed by atoms with van der Waals surface area (Å²) in [6.07, 6.45) is 6.30. The summed E-state index contributed by atoms with van der Waals surface area (Å²) in [6.45, 7) is 3.35. The highest BCUT2D eigenvalue weighted by Crippen LogP contribution is 2.50. The molecular weight excluding hydrogens is 190 g/mol. The molecule has 0 radical (unpaired) electrons. The lowest BCUT2D eigenvalue weighted by atomic mass is 9.65. The van der Waals surface area contributed by atoms with Gasteiger partial charge in [0.05, 0.1) is 11.7 Å². The lowest BCUT2D eigenvalue weighted by molar-refractivity contribution is -0.160. The molecule has 2 unspecified atom stereocenters. The van der Waals surface area contributed by atoms with E-state index in [4.69, 9.17) is 10.5 Å². The molecule has 1 saturated heterocycles. The summed E-state index contributed by atoms with van der Waals surface area (Å²) in [7, 11) is 0. The first-order valence-electron chi connectivity index (χ1n) is 6.16. The molecule has 1 aliphatic heterocycles. The Hall–Kier alpha value is -0.120. The van der Waals surface area contributed by atoms with Crippen LogP contribution in [0.5, 0.6) is 0 Å². The average Bonchev–Trinajstić information content (AvgIpc) is 2.67. The number of nitrogens with two attached hydrogens (primary N) is 1. The van der Waals surface area contributed by atoms with Gasteiger partial charge < -0.3 is 15.6 Å². The molecule has 0 amide bonds. The van der Waals surface area contributed by atoms with E-state index in [0.29, 0.717) is 13.2 Å². The van der Waals surface area contributed by atoms with Crippen molar-refractivity contribution in [2.45, 2.75) is 57.2 Å². The highest BCUT2D eigenvalue weighted by atomic mass is 16.5. The molecular formula is C12H23NO2. The van der Waals surface area contributed by atoms with Crippen LogP contribution in [0.4, 0.5) is 0 Å². The van der Waals surface area contributed by atoms with E-state index >= 15 is 0 Å². The SMILES string of the molecule is CC1CC(O)(C2(CN)CCCC2)CCO1. The maximum absolute atomic E-state index is 10.8. The van der Waals surface area contributed by atoms with Gasteiger partial charge in [0.2, 0.25) is 0 Å². The van der Waals surface area contributed by atoms with Crippen molar-refractivity contribution in [3.63, 3.8) is 0 Å². The summed E-state index contributed by atoms with van der Waals surface area (Å²) >= 11 is 0. The summed E-state index contributed by atoms with van der Waals surface area (Å²) in [4.78, 5) is 0. The predicted molar refractivity (Wildman–Crippen MR) is 59.6 cm³/mol. The van der Waals surface area contributed by atoms with E-state index in [9.17, 15) is 5.11 Å². The van der Waals surface area contributed by atoms with Gasteiger partial charge in [-0.2, -0.15) is 0 Å². The van der Waals surface area contributed by atoms with Crippen LogP contribution in [-0.4, -0.2) is 30.0 Å². The smallest absolute Gasteiger partial charge is 0.0762 e. The Morgan fingerprint density at radius 1 is 1.33 bits per heavy atom. The first-order chi connectivity index (χ1) is 7.12. The molecule has 2 atom stereocenters. The summed E-state index contributed by atoms with van der Waals surface area (Å²) in [5.41, 5.74) is 5.33. The molecule has 1 aliphatic carbocycles. The molecule has 0 aromatic carbocycles. The molecule has 0 bridgehead atoms. The lowest BCUT2D eigenvalue weighted by Crippen LogP contribution is -2.55. The molecule has 15 heavy (non-hydrogen) atoms. The van der Waals surface area contributed by atoms with Gasteiger partial charge in [0.25, 0.3) is 0 Å². The number of ether oxygens (including phenoxy) is 1. The van der Waals surface area contributed by atoms with Gasteiger partial charge in [0.15, 0.2) is 0 Å². The second kappa shape index (κ2) is 4.04. The first-order valence-corrected chi connectivity index (χ1v) is 6.16. The van der Waals surface area contributed by atoms with E-state index in [2.05, 4.69) is 0 Å². The monoisotopic (exact) mass is 213 g/mol. The van der Waals surface area contributed by atoms with E-state index in [0.717, 1.165) is 25.7 Å². The number of rotatable bonds is 2. The van der Waals surface area contributed by atoms with E-state index in [1.165, 1.54) is 12.8 Å². The van der Waals surface area contributed by atoms with E-state index < -0.39 is 5.60 Å². The van der Waals surface area contributed by atoms with Gasteiger partial charge in [-0.05, 0) is 19.8 Å². The molecule has 2 rings (SSSR count). The maximum atomic E-state index is 10.8.